The maximum Gasteiger partial charge on any atom is 0.411 e. The van der Waals surface area contributed by atoms with Crippen LogP contribution in [0.5, 0.6) is 0 Å². The van der Waals surface area contributed by atoms with Gasteiger partial charge in [0.1, 0.15) is 11.5 Å². The number of carbonyl (C=O) groups is 1. The first-order valence-electron chi connectivity index (χ1n) is 6.31. The molecule has 22 heavy (non-hydrogen) atoms. The second kappa shape index (κ2) is 6.89. The summed E-state index contributed by atoms with van der Waals surface area (Å²) in [7, 11) is 0. The van der Waals surface area contributed by atoms with Crippen molar-refractivity contribution in [2.75, 3.05) is 11.9 Å². The average molecular weight is 330 g/mol. The molecule has 1 aromatic heterocycles. The number of halogens is 3. The van der Waals surface area contributed by atoms with Crippen LogP contribution in [0.1, 0.15) is 20.8 Å². The van der Waals surface area contributed by atoms with Crippen LogP contribution in [0.2, 0.25) is 0 Å². The summed E-state index contributed by atoms with van der Waals surface area (Å²) in [6.45, 7) is 0.372. The molecular weight excluding hydrogens is 317 g/mol. The molecule has 0 atom stereocenters. The fourth-order valence-corrected chi connectivity index (χ4v) is 2.31. The molecule has 0 unspecified atom stereocenters. The molecule has 1 heterocycles. The highest BCUT2D eigenvalue weighted by atomic mass is 32.1. The molecule has 1 amide bonds. The zero-order valence-corrected chi connectivity index (χ0v) is 12.4. The van der Waals surface area contributed by atoms with E-state index in [0.717, 1.165) is 17.1 Å². The summed E-state index contributed by atoms with van der Waals surface area (Å²) >= 11 is 1.10. The van der Waals surface area contributed by atoms with E-state index < -0.39 is 12.8 Å². The third-order valence-electron chi connectivity index (χ3n) is 2.70. The molecule has 1 aromatic carbocycles. The normalized spacial score (nSPS) is 11.5. The van der Waals surface area contributed by atoms with Crippen molar-refractivity contribution >= 4 is 23.1 Å². The van der Waals surface area contributed by atoms with Gasteiger partial charge in [0.2, 0.25) is 0 Å². The van der Waals surface area contributed by atoms with Gasteiger partial charge in [0, 0.05) is 11.9 Å². The van der Waals surface area contributed by atoms with Crippen LogP contribution in [0.25, 0.3) is 0 Å². The lowest BCUT2D eigenvalue weighted by atomic mass is 10.2. The van der Waals surface area contributed by atoms with Gasteiger partial charge in [-0.3, -0.25) is 4.79 Å². The smallest absolute Gasteiger partial charge is 0.367 e. The first-order chi connectivity index (χ1) is 10.3. The van der Waals surface area contributed by atoms with Gasteiger partial charge in [-0.1, -0.05) is 12.1 Å². The summed E-state index contributed by atoms with van der Waals surface area (Å²) in [6.07, 6.45) is -2.72. The molecule has 8 heteroatoms. The number of carbonyl (C=O) groups excluding carboxylic acids is 1. The Bertz CT molecular complexity index is 638. The second-order valence-electron chi connectivity index (χ2n) is 4.60. The molecule has 0 aliphatic heterocycles. The van der Waals surface area contributed by atoms with Crippen molar-refractivity contribution in [3.8, 4) is 0 Å². The summed E-state index contributed by atoms with van der Waals surface area (Å²) < 4.78 is 44.4. The average Bonchev–Trinajstić information content (AvgIpc) is 2.86. The number of ether oxygens (including phenoxy) is 1. The van der Waals surface area contributed by atoms with Crippen LogP contribution in [0.3, 0.4) is 0 Å². The minimum atomic E-state index is -4.33. The van der Waals surface area contributed by atoms with Gasteiger partial charge in [0.05, 0.1) is 6.61 Å². The third kappa shape index (κ3) is 4.81. The fourth-order valence-electron chi connectivity index (χ4n) is 1.67. The molecule has 0 aliphatic carbocycles. The lowest BCUT2D eigenvalue weighted by Gasteiger charge is -2.08. The van der Waals surface area contributed by atoms with Crippen molar-refractivity contribution in [2.45, 2.75) is 19.7 Å². The van der Waals surface area contributed by atoms with Crippen molar-refractivity contribution in [1.29, 1.82) is 0 Å². The van der Waals surface area contributed by atoms with E-state index >= 15 is 0 Å². The first-order valence-corrected chi connectivity index (χ1v) is 7.08. The molecule has 1 N–H and O–H groups in total. The molecule has 0 saturated carbocycles. The van der Waals surface area contributed by atoms with Crippen molar-refractivity contribution in [2.24, 2.45) is 0 Å². The Morgan fingerprint density at radius 2 is 2.00 bits per heavy atom. The van der Waals surface area contributed by atoms with Gasteiger partial charge in [0.25, 0.3) is 5.91 Å². The predicted octanol–water partition coefficient (Wildman–Crippen LogP) is 3.78. The van der Waals surface area contributed by atoms with Crippen molar-refractivity contribution in [3.63, 3.8) is 0 Å². The van der Waals surface area contributed by atoms with Gasteiger partial charge in [-0.15, -0.1) is 0 Å². The van der Waals surface area contributed by atoms with E-state index in [1.165, 1.54) is 0 Å². The van der Waals surface area contributed by atoms with Gasteiger partial charge in [-0.25, -0.2) is 4.37 Å². The van der Waals surface area contributed by atoms with Crippen LogP contribution < -0.4 is 5.32 Å². The maximum absolute atomic E-state index is 12.0. The summed E-state index contributed by atoms with van der Waals surface area (Å²) in [5.74, 6) is -0.263. The van der Waals surface area contributed by atoms with E-state index in [4.69, 9.17) is 0 Å². The molecule has 0 fully saturated rings. The zero-order valence-electron chi connectivity index (χ0n) is 11.6. The predicted molar refractivity (Wildman–Crippen MR) is 77.0 cm³/mol. The summed E-state index contributed by atoms with van der Waals surface area (Å²) in [5, 5.41) is 2.70. The molecular formula is C14H13F3N2O2S. The number of anilines is 1. The second-order valence-corrected chi connectivity index (χ2v) is 5.40. The Labute approximate surface area is 129 Å². The molecule has 2 rings (SSSR count). The molecule has 0 radical (unpaired) electrons. The zero-order chi connectivity index (χ0) is 16.2. The van der Waals surface area contributed by atoms with Gasteiger partial charge in [-0.2, -0.15) is 13.2 Å². The van der Waals surface area contributed by atoms with Crippen molar-refractivity contribution in [3.05, 3.63) is 46.5 Å². The van der Waals surface area contributed by atoms with Crippen LogP contribution in [0.15, 0.2) is 30.5 Å². The number of amides is 1. The maximum atomic E-state index is 12.0. The molecule has 0 saturated heterocycles. The standard InChI is InChI=1S/C14H13F3N2O2S/c1-9-6-18-22-12(9)13(20)19-11-4-2-10(3-5-11)7-21-8-14(15,16)17/h2-6H,7-8H2,1H3,(H,19,20). The van der Waals surface area contributed by atoms with Crippen LogP contribution in [0.4, 0.5) is 18.9 Å². The number of aryl methyl sites for hydroxylation is 1. The number of aromatic nitrogens is 1. The lowest BCUT2D eigenvalue weighted by Crippen LogP contribution is -2.16. The highest BCUT2D eigenvalue weighted by molar-refractivity contribution is 7.08. The highest BCUT2D eigenvalue weighted by Gasteiger charge is 2.27. The minimum absolute atomic E-state index is 0.137. The van der Waals surface area contributed by atoms with Gasteiger partial charge < -0.3 is 10.1 Å². The summed E-state index contributed by atoms with van der Waals surface area (Å²) in [6, 6.07) is 6.43. The van der Waals surface area contributed by atoms with Crippen molar-refractivity contribution in [1.82, 2.24) is 4.37 Å². The van der Waals surface area contributed by atoms with E-state index in [9.17, 15) is 18.0 Å². The molecule has 4 nitrogen and oxygen atoms in total. The Hall–Kier alpha value is -1.93. The topological polar surface area (TPSA) is 51.2 Å². The van der Waals surface area contributed by atoms with E-state index in [0.29, 0.717) is 16.1 Å². The van der Waals surface area contributed by atoms with Crippen LogP contribution in [-0.4, -0.2) is 23.1 Å². The Balaban J connectivity index is 1.89. The molecule has 2 aromatic rings. The third-order valence-corrected chi connectivity index (χ3v) is 3.60. The number of nitrogens with zero attached hydrogens (tertiary/aromatic N) is 1. The Morgan fingerprint density at radius 1 is 1.32 bits per heavy atom. The summed E-state index contributed by atoms with van der Waals surface area (Å²) in [4.78, 5) is 12.5. The van der Waals surface area contributed by atoms with E-state index in [1.807, 2.05) is 0 Å². The molecule has 0 bridgehead atoms. The Kier molecular flexibility index (Phi) is 5.15. The lowest BCUT2D eigenvalue weighted by molar-refractivity contribution is -0.176. The Morgan fingerprint density at radius 3 is 2.55 bits per heavy atom. The van der Waals surface area contributed by atoms with Crippen LogP contribution >= 0.6 is 11.5 Å². The number of rotatable bonds is 5. The fraction of sp³-hybridized carbons (Fsp3) is 0.286. The molecule has 0 spiro atoms. The minimum Gasteiger partial charge on any atom is -0.367 e. The van der Waals surface area contributed by atoms with Gasteiger partial charge in [-0.05, 0) is 41.7 Å². The van der Waals surface area contributed by atoms with Gasteiger partial charge in [0.15, 0.2) is 0 Å². The van der Waals surface area contributed by atoms with Crippen LogP contribution in [-0.2, 0) is 11.3 Å². The van der Waals surface area contributed by atoms with E-state index in [2.05, 4.69) is 14.4 Å². The number of nitrogens with one attached hydrogen (secondary N) is 1. The SMILES string of the molecule is Cc1cnsc1C(=O)Nc1ccc(COCC(F)(F)F)cc1. The summed E-state index contributed by atoms with van der Waals surface area (Å²) in [5.41, 5.74) is 1.94. The van der Waals surface area contributed by atoms with E-state index in [-0.39, 0.29) is 12.5 Å². The van der Waals surface area contributed by atoms with E-state index in [1.54, 1.807) is 37.4 Å². The number of hydrogen-bond donors (Lipinski definition) is 1. The number of hydrogen-bond acceptors (Lipinski definition) is 4. The molecule has 118 valence electrons. The first kappa shape index (κ1) is 16.4. The monoisotopic (exact) mass is 330 g/mol. The van der Waals surface area contributed by atoms with Gasteiger partial charge >= 0.3 is 6.18 Å². The van der Waals surface area contributed by atoms with Crippen molar-refractivity contribution < 1.29 is 22.7 Å². The number of alkyl halides is 3. The molecule has 0 aliphatic rings. The largest absolute Gasteiger partial charge is 0.411 e. The quantitative estimate of drug-likeness (QED) is 0.907. The van der Waals surface area contributed by atoms with Crippen LogP contribution in [0, 0.1) is 6.92 Å². The number of benzene rings is 1. The highest BCUT2D eigenvalue weighted by Crippen LogP contribution is 2.18.